The molecule has 0 bridgehead atoms. The fourth-order valence-electron chi connectivity index (χ4n) is 1.83. The summed E-state index contributed by atoms with van der Waals surface area (Å²) in [5.74, 6) is -1.28. The molecule has 0 aromatic heterocycles. The number of ether oxygens (including phenoxy) is 2. The van der Waals surface area contributed by atoms with Gasteiger partial charge in [-0.25, -0.2) is 9.59 Å². The van der Waals surface area contributed by atoms with Gasteiger partial charge in [-0.3, -0.25) is 4.99 Å². The molecule has 1 aromatic carbocycles. The normalized spacial score (nSPS) is 12.0. The molecule has 124 valence electrons. The van der Waals surface area contributed by atoms with Crippen molar-refractivity contribution >= 4 is 23.8 Å². The fraction of sp³-hybridized carbons (Fsp3) is 0.353. The molecular formula is C17H21NO5. The number of esters is 2. The fourth-order valence-corrected chi connectivity index (χ4v) is 1.83. The Bertz CT molecular complexity index is 619. The molecule has 0 saturated heterocycles. The van der Waals surface area contributed by atoms with Crippen molar-refractivity contribution in [1.29, 1.82) is 0 Å². The largest absolute Gasteiger partial charge is 0.511 e. The number of carbonyl (C=O) groups excluding carboxylic acids is 2. The molecule has 0 fully saturated rings. The number of carbonyl (C=O) groups is 2. The third kappa shape index (κ3) is 5.25. The van der Waals surface area contributed by atoms with Crippen LogP contribution in [-0.4, -0.2) is 37.0 Å². The van der Waals surface area contributed by atoms with Gasteiger partial charge in [0, 0.05) is 12.6 Å². The van der Waals surface area contributed by atoms with Crippen LogP contribution in [0.3, 0.4) is 0 Å². The second kappa shape index (κ2) is 9.40. The molecule has 0 aliphatic heterocycles. The highest BCUT2D eigenvalue weighted by Crippen LogP contribution is 2.20. The zero-order valence-electron chi connectivity index (χ0n) is 13.5. The Morgan fingerprint density at radius 1 is 1.26 bits per heavy atom. The van der Waals surface area contributed by atoms with E-state index in [9.17, 15) is 14.7 Å². The van der Waals surface area contributed by atoms with Crippen molar-refractivity contribution in [3.63, 3.8) is 0 Å². The standard InChI is InChI=1S/C17H21NO5/c1-4-8-15(19)13(17(21)23-5-2)11-18-14-10-7-6-9-12(14)16(20)22-3/h6-7,9-11,19H,4-5,8H2,1-3H3/b15-13+,18-11?. The minimum atomic E-state index is -0.655. The molecule has 0 aliphatic rings. The second-order valence-electron chi connectivity index (χ2n) is 4.60. The molecule has 0 heterocycles. The van der Waals surface area contributed by atoms with E-state index in [1.165, 1.54) is 13.3 Å². The Morgan fingerprint density at radius 2 is 1.96 bits per heavy atom. The molecule has 1 aromatic rings. The maximum absolute atomic E-state index is 11.9. The molecule has 6 heteroatoms. The predicted molar refractivity (Wildman–Crippen MR) is 87.1 cm³/mol. The lowest BCUT2D eigenvalue weighted by Crippen LogP contribution is -2.11. The van der Waals surface area contributed by atoms with Crippen molar-refractivity contribution in [3.8, 4) is 0 Å². The Labute approximate surface area is 135 Å². The number of aliphatic hydroxyl groups is 1. The van der Waals surface area contributed by atoms with Crippen LogP contribution in [0.1, 0.15) is 37.0 Å². The summed E-state index contributed by atoms with van der Waals surface area (Å²) in [4.78, 5) is 27.8. The van der Waals surface area contributed by atoms with Crippen LogP contribution in [0, 0.1) is 0 Å². The van der Waals surface area contributed by atoms with E-state index < -0.39 is 11.9 Å². The Kier molecular flexibility index (Phi) is 7.53. The van der Waals surface area contributed by atoms with E-state index >= 15 is 0 Å². The number of aliphatic hydroxyl groups excluding tert-OH is 1. The van der Waals surface area contributed by atoms with Crippen LogP contribution < -0.4 is 0 Å². The van der Waals surface area contributed by atoms with Gasteiger partial charge in [-0.1, -0.05) is 19.1 Å². The van der Waals surface area contributed by atoms with Crippen molar-refractivity contribution in [2.24, 2.45) is 4.99 Å². The average molecular weight is 319 g/mol. The van der Waals surface area contributed by atoms with Gasteiger partial charge in [0.2, 0.25) is 0 Å². The summed E-state index contributed by atoms with van der Waals surface area (Å²) in [6.07, 6.45) is 2.21. The summed E-state index contributed by atoms with van der Waals surface area (Å²) >= 11 is 0. The van der Waals surface area contributed by atoms with Crippen molar-refractivity contribution < 1.29 is 24.2 Å². The van der Waals surface area contributed by atoms with Crippen LogP contribution in [0.4, 0.5) is 5.69 Å². The summed E-state index contributed by atoms with van der Waals surface area (Å²) in [7, 11) is 1.28. The minimum absolute atomic E-state index is 0.0200. The maximum atomic E-state index is 11.9. The first-order valence-corrected chi connectivity index (χ1v) is 7.35. The number of methoxy groups -OCH3 is 1. The third-order valence-corrected chi connectivity index (χ3v) is 2.94. The Balaban J connectivity index is 3.19. The minimum Gasteiger partial charge on any atom is -0.511 e. The van der Waals surface area contributed by atoms with Gasteiger partial charge in [0.15, 0.2) is 0 Å². The number of benzene rings is 1. The zero-order chi connectivity index (χ0) is 17.2. The highest BCUT2D eigenvalue weighted by Gasteiger charge is 2.15. The first kappa shape index (κ1) is 18.4. The smallest absolute Gasteiger partial charge is 0.343 e. The first-order chi connectivity index (χ1) is 11.0. The first-order valence-electron chi connectivity index (χ1n) is 7.35. The van der Waals surface area contributed by atoms with Crippen LogP contribution in [0.5, 0.6) is 0 Å². The van der Waals surface area contributed by atoms with E-state index in [0.29, 0.717) is 18.5 Å². The lowest BCUT2D eigenvalue weighted by molar-refractivity contribution is -0.138. The topological polar surface area (TPSA) is 85.2 Å². The van der Waals surface area contributed by atoms with Crippen molar-refractivity contribution in [3.05, 3.63) is 41.2 Å². The highest BCUT2D eigenvalue weighted by molar-refractivity contribution is 6.11. The van der Waals surface area contributed by atoms with E-state index in [0.717, 1.165) is 0 Å². The molecule has 0 aliphatic carbocycles. The second-order valence-corrected chi connectivity index (χ2v) is 4.60. The van der Waals surface area contributed by atoms with Gasteiger partial charge in [-0.05, 0) is 25.5 Å². The Morgan fingerprint density at radius 3 is 2.57 bits per heavy atom. The predicted octanol–water partition coefficient (Wildman–Crippen LogP) is 3.35. The summed E-state index contributed by atoms with van der Waals surface area (Å²) in [5, 5.41) is 10.0. The van der Waals surface area contributed by atoms with Crippen LogP contribution in [-0.2, 0) is 14.3 Å². The number of hydrogen-bond donors (Lipinski definition) is 1. The van der Waals surface area contributed by atoms with Gasteiger partial charge in [-0.2, -0.15) is 0 Å². The van der Waals surface area contributed by atoms with Gasteiger partial charge >= 0.3 is 11.9 Å². The number of rotatable bonds is 7. The molecule has 0 atom stereocenters. The number of nitrogens with zero attached hydrogens (tertiary/aromatic N) is 1. The molecule has 23 heavy (non-hydrogen) atoms. The number of allylic oxidation sites excluding steroid dienone is 1. The average Bonchev–Trinajstić information content (AvgIpc) is 2.55. The van der Waals surface area contributed by atoms with Crippen LogP contribution in [0.2, 0.25) is 0 Å². The summed E-state index contributed by atoms with van der Waals surface area (Å²) in [6, 6.07) is 6.57. The third-order valence-electron chi connectivity index (χ3n) is 2.94. The molecule has 6 nitrogen and oxygen atoms in total. The van der Waals surface area contributed by atoms with Crippen molar-refractivity contribution in [2.45, 2.75) is 26.7 Å². The van der Waals surface area contributed by atoms with E-state index in [1.807, 2.05) is 6.92 Å². The van der Waals surface area contributed by atoms with Crippen LogP contribution in [0.15, 0.2) is 40.6 Å². The summed E-state index contributed by atoms with van der Waals surface area (Å²) < 4.78 is 9.61. The molecule has 0 spiro atoms. The summed E-state index contributed by atoms with van der Waals surface area (Å²) in [6.45, 7) is 3.74. The van der Waals surface area contributed by atoms with Crippen LogP contribution >= 0.6 is 0 Å². The number of aliphatic imine (C=N–C) groups is 1. The SMILES string of the molecule is CCC/C(O)=C(/C=Nc1ccccc1C(=O)OC)C(=O)OCC. The number of hydrogen-bond acceptors (Lipinski definition) is 6. The number of para-hydroxylation sites is 1. The van der Waals surface area contributed by atoms with Gasteiger partial charge in [-0.15, -0.1) is 0 Å². The van der Waals surface area contributed by atoms with Crippen molar-refractivity contribution in [2.75, 3.05) is 13.7 Å². The van der Waals surface area contributed by atoms with Gasteiger partial charge in [0.05, 0.1) is 25.0 Å². The molecular weight excluding hydrogens is 298 g/mol. The van der Waals surface area contributed by atoms with Gasteiger partial charge in [0.25, 0.3) is 0 Å². The lowest BCUT2D eigenvalue weighted by Gasteiger charge is -2.06. The molecule has 0 radical (unpaired) electrons. The molecule has 0 unspecified atom stereocenters. The lowest BCUT2D eigenvalue weighted by atomic mass is 10.1. The molecule has 1 rings (SSSR count). The van der Waals surface area contributed by atoms with E-state index in [2.05, 4.69) is 9.73 Å². The van der Waals surface area contributed by atoms with Crippen LogP contribution in [0.25, 0.3) is 0 Å². The van der Waals surface area contributed by atoms with E-state index in [1.54, 1.807) is 31.2 Å². The molecule has 0 saturated carbocycles. The van der Waals surface area contributed by atoms with E-state index in [4.69, 9.17) is 4.74 Å². The Hall–Kier alpha value is -2.63. The van der Waals surface area contributed by atoms with E-state index in [-0.39, 0.29) is 23.5 Å². The van der Waals surface area contributed by atoms with Crippen molar-refractivity contribution in [1.82, 2.24) is 0 Å². The van der Waals surface area contributed by atoms with Gasteiger partial charge < -0.3 is 14.6 Å². The quantitative estimate of drug-likeness (QED) is 0.360. The van der Waals surface area contributed by atoms with Gasteiger partial charge in [0.1, 0.15) is 11.3 Å². The highest BCUT2D eigenvalue weighted by atomic mass is 16.5. The molecule has 0 amide bonds. The maximum Gasteiger partial charge on any atom is 0.343 e. The summed E-state index contributed by atoms with van der Waals surface area (Å²) in [5.41, 5.74) is 0.586. The molecule has 1 N–H and O–H groups in total. The zero-order valence-corrected chi connectivity index (χ0v) is 13.5. The monoisotopic (exact) mass is 319 g/mol.